The molecule has 1 aliphatic heterocycles. The van der Waals surface area contributed by atoms with Crippen molar-refractivity contribution in [2.75, 3.05) is 23.7 Å². The van der Waals surface area contributed by atoms with Crippen LogP contribution >= 0.6 is 11.8 Å². The summed E-state index contributed by atoms with van der Waals surface area (Å²) in [6, 6.07) is 11.2. The van der Waals surface area contributed by atoms with Gasteiger partial charge >= 0.3 is 0 Å². The monoisotopic (exact) mass is 380 g/mol. The summed E-state index contributed by atoms with van der Waals surface area (Å²) in [5.41, 5.74) is 5.53. The van der Waals surface area contributed by atoms with Gasteiger partial charge in [0.25, 0.3) is 10.0 Å². The van der Waals surface area contributed by atoms with Crippen molar-refractivity contribution < 1.29 is 22.7 Å². The number of thioether (sulfide) groups is 1. The average Bonchev–Trinajstić information content (AvgIpc) is 2.60. The fraction of sp³-hybridized carbons (Fsp3) is 0.188. The number of carbonyl (C=O) groups excluding carboxylic acids is 1. The second-order valence-corrected chi connectivity index (χ2v) is 7.86. The molecule has 0 aliphatic carbocycles. The smallest absolute Gasteiger partial charge is 0.262 e. The maximum absolute atomic E-state index is 12.7. The fourth-order valence-electron chi connectivity index (χ4n) is 2.22. The van der Waals surface area contributed by atoms with Crippen LogP contribution in [0.3, 0.4) is 0 Å². The highest BCUT2D eigenvalue weighted by molar-refractivity contribution is 8.00. The molecule has 2 aromatic carbocycles. The third kappa shape index (κ3) is 4.18. The number of benzene rings is 2. The van der Waals surface area contributed by atoms with Crippen molar-refractivity contribution in [1.82, 2.24) is 0 Å². The van der Waals surface area contributed by atoms with E-state index in [4.69, 9.17) is 15.2 Å². The van der Waals surface area contributed by atoms with Gasteiger partial charge in [0.2, 0.25) is 5.91 Å². The molecule has 0 spiro atoms. The first-order valence-electron chi connectivity index (χ1n) is 7.38. The molecule has 0 aromatic heterocycles. The summed E-state index contributed by atoms with van der Waals surface area (Å²) in [5.74, 6) is 0.491. The van der Waals surface area contributed by atoms with Crippen LogP contribution in [0.15, 0.2) is 52.3 Å². The van der Waals surface area contributed by atoms with Crippen LogP contribution in [0.2, 0.25) is 0 Å². The number of anilines is 1. The number of nitrogens with two attached hydrogens (primary N) is 1. The second kappa shape index (κ2) is 7.24. The number of hydrogen-bond donors (Lipinski definition) is 2. The SMILES string of the molecule is NC(=O)CSc1ccccc1NS(=O)(=O)c1ccc2c(c1)OCCO2. The van der Waals surface area contributed by atoms with Crippen molar-refractivity contribution in [3.05, 3.63) is 42.5 Å². The first-order valence-corrected chi connectivity index (χ1v) is 9.85. The zero-order valence-corrected chi connectivity index (χ0v) is 14.7. The second-order valence-electron chi connectivity index (χ2n) is 5.16. The van der Waals surface area contributed by atoms with Crippen LogP contribution in [-0.2, 0) is 14.8 Å². The Balaban J connectivity index is 1.86. The van der Waals surface area contributed by atoms with Gasteiger partial charge in [-0.1, -0.05) is 12.1 Å². The molecular formula is C16H16N2O5S2. The van der Waals surface area contributed by atoms with E-state index in [2.05, 4.69) is 4.72 Å². The molecule has 25 heavy (non-hydrogen) atoms. The Kier molecular flexibility index (Phi) is 5.05. The Bertz CT molecular complexity index is 899. The van der Waals surface area contributed by atoms with Gasteiger partial charge in [0.15, 0.2) is 11.5 Å². The molecule has 132 valence electrons. The average molecular weight is 380 g/mol. The summed E-state index contributed by atoms with van der Waals surface area (Å²) < 4.78 is 38.7. The highest BCUT2D eigenvalue weighted by Gasteiger charge is 2.20. The molecule has 0 atom stereocenters. The van der Waals surface area contributed by atoms with Gasteiger partial charge in [-0.2, -0.15) is 0 Å². The van der Waals surface area contributed by atoms with Gasteiger partial charge in [-0.3, -0.25) is 9.52 Å². The maximum Gasteiger partial charge on any atom is 0.262 e. The number of amides is 1. The Morgan fingerprint density at radius 3 is 2.60 bits per heavy atom. The van der Waals surface area contributed by atoms with Gasteiger partial charge in [0, 0.05) is 11.0 Å². The minimum atomic E-state index is -3.82. The number of hydrogen-bond acceptors (Lipinski definition) is 6. The first-order chi connectivity index (χ1) is 12.0. The van der Waals surface area contributed by atoms with Gasteiger partial charge < -0.3 is 15.2 Å². The molecule has 0 fully saturated rings. The molecule has 0 saturated carbocycles. The molecule has 2 aromatic rings. The highest BCUT2D eigenvalue weighted by atomic mass is 32.2. The standard InChI is InChI=1S/C16H16N2O5S2/c17-16(19)10-24-15-4-2-1-3-12(15)18-25(20,21)11-5-6-13-14(9-11)23-8-7-22-13/h1-6,9,18H,7-8,10H2,(H2,17,19). The van der Waals surface area contributed by atoms with Gasteiger partial charge in [-0.25, -0.2) is 8.42 Å². The number of sulfonamides is 1. The van der Waals surface area contributed by atoms with Crippen LogP contribution in [0.4, 0.5) is 5.69 Å². The lowest BCUT2D eigenvalue weighted by molar-refractivity contribution is -0.115. The molecular weight excluding hydrogens is 364 g/mol. The Labute approximate surface area is 149 Å². The molecule has 7 nitrogen and oxygen atoms in total. The van der Waals surface area contributed by atoms with Crippen LogP contribution < -0.4 is 19.9 Å². The van der Waals surface area contributed by atoms with Gasteiger partial charge in [-0.05, 0) is 24.3 Å². The highest BCUT2D eigenvalue weighted by Crippen LogP contribution is 2.34. The van der Waals surface area contributed by atoms with Crippen LogP contribution in [0.5, 0.6) is 11.5 Å². The Morgan fingerprint density at radius 1 is 1.12 bits per heavy atom. The summed E-state index contributed by atoms with van der Waals surface area (Å²) >= 11 is 1.17. The van der Waals surface area contributed by atoms with Crippen molar-refractivity contribution in [2.45, 2.75) is 9.79 Å². The molecule has 0 unspecified atom stereocenters. The van der Waals surface area contributed by atoms with E-state index in [0.29, 0.717) is 35.3 Å². The first kappa shape index (κ1) is 17.4. The molecule has 1 amide bonds. The quantitative estimate of drug-likeness (QED) is 0.741. The number of fused-ring (bicyclic) bond motifs is 1. The zero-order valence-electron chi connectivity index (χ0n) is 13.1. The van der Waals surface area contributed by atoms with E-state index in [0.717, 1.165) is 0 Å². The van der Waals surface area contributed by atoms with Crippen molar-refractivity contribution in [1.29, 1.82) is 0 Å². The number of ether oxygens (including phenoxy) is 2. The van der Waals surface area contributed by atoms with E-state index in [1.165, 1.54) is 23.9 Å². The lowest BCUT2D eigenvalue weighted by Gasteiger charge is -2.19. The number of rotatable bonds is 6. The topological polar surface area (TPSA) is 108 Å². The predicted octanol–water partition coefficient (Wildman–Crippen LogP) is 1.84. The summed E-state index contributed by atoms with van der Waals surface area (Å²) in [4.78, 5) is 11.6. The van der Waals surface area contributed by atoms with Gasteiger partial charge in [-0.15, -0.1) is 11.8 Å². The molecule has 0 radical (unpaired) electrons. The minimum absolute atomic E-state index is 0.0583. The number of nitrogens with one attached hydrogen (secondary N) is 1. The van der Waals surface area contributed by atoms with Gasteiger partial charge in [0.05, 0.1) is 16.3 Å². The molecule has 1 heterocycles. The lowest BCUT2D eigenvalue weighted by Crippen LogP contribution is -2.17. The maximum atomic E-state index is 12.7. The Hall–Kier alpha value is -2.39. The molecule has 0 bridgehead atoms. The number of para-hydroxylation sites is 1. The van der Waals surface area contributed by atoms with Crippen LogP contribution in [-0.4, -0.2) is 33.3 Å². The summed E-state index contributed by atoms with van der Waals surface area (Å²) in [7, 11) is -3.82. The van der Waals surface area contributed by atoms with E-state index in [9.17, 15) is 13.2 Å². The van der Waals surface area contributed by atoms with E-state index in [-0.39, 0.29) is 10.6 Å². The van der Waals surface area contributed by atoms with Crippen molar-refractivity contribution in [3.8, 4) is 11.5 Å². The molecule has 3 N–H and O–H groups in total. The number of carbonyl (C=O) groups is 1. The summed E-state index contributed by atoms with van der Waals surface area (Å²) in [5, 5.41) is 0. The van der Waals surface area contributed by atoms with Crippen molar-refractivity contribution in [3.63, 3.8) is 0 Å². The normalized spacial score (nSPS) is 13.3. The van der Waals surface area contributed by atoms with Crippen LogP contribution in [0.25, 0.3) is 0 Å². The van der Waals surface area contributed by atoms with E-state index < -0.39 is 15.9 Å². The number of primary amides is 1. The van der Waals surface area contributed by atoms with Crippen LogP contribution in [0.1, 0.15) is 0 Å². The molecule has 3 rings (SSSR count). The Morgan fingerprint density at radius 2 is 1.84 bits per heavy atom. The van der Waals surface area contributed by atoms with E-state index in [1.807, 2.05) is 0 Å². The fourth-order valence-corrected chi connectivity index (χ4v) is 4.13. The minimum Gasteiger partial charge on any atom is -0.486 e. The molecule has 9 heteroatoms. The van der Waals surface area contributed by atoms with Crippen LogP contribution in [0, 0.1) is 0 Å². The molecule has 1 aliphatic rings. The third-order valence-corrected chi connectivity index (χ3v) is 5.78. The largest absolute Gasteiger partial charge is 0.486 e. The zero-order chi connectivity index (χ0) is 17.9. The predicted molar refractivity (Wildman–Crippen MR) is 94.6 cm³/mol. The van der Waals surface area contributed by atoms with Crippen molar-refractivity contribution in [2.24, 2.45) is 5.73 Å². The lowest BCUT2D eigenvalue weighted by atomic mass is 10.3. The van der Waals surface area contributed by atoms with E-state index in [1.54, 1.807) is 30.3 Å². The molecule has 0 saturated heterocycles. The summed E-state index contributed by atoms with van der Waals surface area (Å²) in [6.45, 7) is 0.804. The van der Waals surface area contributed by atoms with Gasteiger partial charge in [0.1, 0.15) is 13.2 Å². The third-order valence-electron chi connectivity index (χ3n) is 3.33. The summed E-state index contributed by atoms with van der Waals surface area (Å²) in [6.07, 6.45) is 0. The van der Waals surface area contributed by atoms with Crippen molar-refractivity contribution >= 4 is 33.4 Å². The van der Waals surface area contributed by atoms with E-state index >= 15 is 0 Å².